The minimum atomic E-state index is -3.84. The molecule has 4 aromatic rings. The molecule has 33 heavy (non-hydrogen) atoms. The lowest BCUT2D eigenvalue weighted by atomic mass is 10.1. The molecule has 0 spiro atoms. The first-order valence-electron chi connectivity index (χ1n) is 10.1. The highest BCUT2D eigenvalue weighted by molar-refractivity contribution is 7.92. The molecule has 1 aromatic heterocycles. The van der Waals surface area contributed by atoms with E-state index in [9.17, 15) is 18.0 Å². The fraction of sp³-hybridized carbons (Fsp3) is 0.0833. The van der Waals surface area contributed by atoms with E-state index in [-0.39, 0.29) is 10.5 Å². The van der Waals surface area contributed by atoms with Crippen LogP contribution in [0.5, 0.6) is 5.75 Å². The van der Waals surface area contributed by atoms with Crippen molar-refractivity contribution in [3.8, 4) is 5.75 Å². The summed E-state index contributed by atoms with van der Waals surface area (Å²) in [6.07, 6.45) is 0. The first kappa shape index (κ1) is 22.1. The number of ether oxygens (including phenoxy) is 1. The number of carbonyl (C=O) groups excluding carboxylic acids is 1. The molecule has 168 valence electrons. The van der Waals surface area contributed by atoms with Gasteiger partial charge in [-0.3, -0.25) is 9.52 Å². The zero-order valence-corrected chi connectivity index (χ0v) is 18.4. The Morgan fingerprint density at radius 2 is 1.61 bits per heavy atom. The van der Waals surface area contributed by atoms with Gasteiger partial charge in [-0.05, 0) is 67.6 Å². The van der Waals surface area contributed by atoms with Gasteiger partial charge >= 0.3 is 5.63 Å². The number of carbonyl (C=O) groups is 1. The highest BCUT2D eigenvalue weighted by atomic mass is 32.2. The summed E-state index contributed by atoms with van der Waals surface area (Å²) in [5.74, 6) is -0.0152. The number of benzene rings is 3. The standard InChI is InChI=1S/C24H20N2O6S/c1-2-31-19-11-7-18(8-12-19)26-33(29,30)20-13-9-17(10-14-20)25-23(27)21-15-16-5-3-4-6-22(16)32-24(21)28/h3-15,26H,2H2,1H3,(H,25,27). The lowest BCUT2D eigenvalue weighted by Crippen LogP contribution is -2.20. The Balaban J connectivity index is 1.48. The van der Waals surface area contributed by atoms with Crippen molar-refractivity contribution in [1.29, 1.82) is 0 Å². The Labute approximate surface area is 189 Å². The number of amides is 1. The molecule has 0 aliphatic heterocycles. The molecule has 9 heteroatoms. The molecule has 1 heterocycles. The molecule has 0 saturated carbocycles. The maximum Gasteiger partial charge on any atom is 0.349 e. The maximum absolute atomic E-state index is 12.7. The Morgan fingerprint density at radius 1 is 0.939 bits per heavy atom. The predicted molar refractivity (Wildman–Crippen MR) is 125 cm³/mol. The van der Waals surface area contributed by atoms with E-state index in [0.29, 0.717) is 34.7 Å². The van der Waals surface area contributed by atoms with Crippen LogP contribution < -0.4 is 20.4 Å². The van der Waals surface area contributed by atoms with Gasteiger partial charge in [0.2, 0.25) is 0 Å². The molecule has 0 radical (unpaired) electrons. The number of rotatable bonds is 7. The van der Waals surface area contributed by atoms with Gasteiger partial charge in [0.05, 0.1) is 11.5 Å². The Morgan fingerprint density at radius 3 is 2.30 bits per heavy atom. The zero-order valence-electron chi connectivity index (χ0n) is 17.6. The SMILES string of the molecule is CCOc1ccc(NS(=O)(=O)c2ccc(NC(=O)c3cc4ccccc4oc3=O)cc2)cc1. The zero-order chi connectivity index (χ0) is 23.4. The molecule has 8 nitrogen and oxygen atoms in total. The second-order valence-corrected chi connectivity index (χ2v) is 8.71. The number of hydrogen-bond donors (Lipinski definition) is 2. The van der Waals surface area contributed by atoms with E-state index in [1.54, 1.807) is 48.5 Å². The van der Waals surface area contributed by atoms with E-state index in [2.05, 4.69) is 10.0 Å². The summed E-state index contributed by atoms with van der Waals surface area (Å²) < 4.78 is 38.3. The quantitative estimate of drug-likeness (QED) is 0.395. The third-order valence-electron chi connectivity index (χ3n) is 4.73. The monoisotopic (exact) mass is 464 g/mol. The van der Waals surface area contributed by atoms with E-state index < -0.39 is 21.6 Å². The van der Waals surface area contributed by atoms with Crippen molar-refractivity contribution in [3.05, 3.63) is 94.8 Å². The molecule has 1 amide bonds. The lowest BCUT2D eigenvalue weighted by molar-refractivity contribution is 0.102. The Kier molecular flexibility index (Phi) is 6.14. The second-order valence-electron chi connectivity index (χ2n) is 7.03. The topological polar surface area (TPSA) is 115 Å². The van der Waals surface area contributed by atoms with E-state index >= 15 is 0 Å². The smallest absolute Gasteiger partial charge is 0.349 e. The summed E-state index contributed by atoms with van der Waals surface area (Å²) in [6, 6.07) is 20.5. The van der Waals surface area contributed by atoms with Gasteiger partial charge in [0.15, 0.2) is 0 Å². The fourth-order valence-electron chi connectivity index (χ4n) is 3.14. The molecular weight excluding hydrogens is 444 g/mol. The van der Waals surface area contributed by atoms with Gasteiger partial charge in [-0.25, -0.2) is 13.2 Å². The number of sulfonamides is 1. The minimum absolute atomic E-state index is 0.0135. The summed E-state index contributed by atoms with van der Waals surface area (Å²) in [6.45, 7) is 2.37. The van der Waals surface area contributed by atoms with Gasteiger partial charge in [-0.15, -0.1) is 0 Å². The highest BCUT2D eigenvalue weighted by Crippen LogP contribution is 2.21. The first-order valence-corrected chi connectivity index (χ1v) is 11.5. The van der Waals surface area contributed by atoms with Crippen LogP contribution in [0.3, 0.4) is 0 Å². The van der Waals surface area contributed by atoms with Crippen LogP contribution in [0.4, 0.5) is 11.4 Å². The Bertz CT molecular complexity index is 1460. The maximum atomic E-state index is 12.7. The van der Waals surface area contributed by atoms with Crippen molar-refractivity contribution in [2.75, 3.05) is 16.6 Å². The van der Waals surface area contributed by atoms with Gasteiger partial charge in [0.25, 0.3) is 15.9 Å². The van der Waals surface area contributed by atoms with E-state index in [1.807, 2.05) is 6.92 Å². The highest BCUT2D eigenvalue weighted by Gasteiger charge is 2.16. The van der Waals surface area contributed by atoms with Crippen molar-refractivity contribution >= 4 is 38.3 Å². The number of hydrogen-bond acceptors (Lipinski definition) is 6. The largest absolute Gasteiger partial charge is 0.494 e. The molecule has 0 aliphatic carbocycles. The third kappa shape index (κ3) is 5.04. The number of fused-ring (bicyclic) bond motifs is 1. The molecule has 0 saturated heterocycles. The van der Waals surface area contributed by atoms with Crippen LogP contribution in [0.2, 0.25) is 0 Å². The van der Waals surface area contributed by atoms with Gasteiger partial charge < -0.3 is 14.5 Å². The molecule has 3 aromatic carbocycles. The van der Waals surface area contributed by atoms with E-state index in [1.165, 1.54) is 30.3 Å². The van der Waals surface area contributed by atoms with Crippen molar-refractivity contribution in [3.63, 3.8) is 0 Å². The normalized spacial score (nSPS) is 11.2. The summed E-state index contributed by atoms with van der Waals surface area (Å²) in [5, 5.41) is 3.20. The van der Waals surface area contributed by atoms with Crippen LogP contribution in [0.1, 0.15) is 17.3 Å². The predicted octanol–water partition coefficient (Wildman–Crippen LogP) is 4.24. The summed E-state index contributed by atoms with van der Waals surface area (Å²) >= 11 is 0. The molecule has 4 rings (SSSR count). The van der Waals surface area contributed by atoms with Crippen molar-refractivity contribution in [2.24, 2.45) is 0 Å². The van der Waals surface area contributed by atoms with Crippen molar-refractivity contribution < 1.29 is 22.4 Å². The molecule has 2 N–H and O–H groups in total. The van der Waals surface area contributed by atoms with Crippen LogP contribution in [-0.2, 0) is 10.0 Å². The molecular formula is C24H20N2O6S. The number of nitrogens with one attached hydrogen (secondary N) is 2. The summed E-state index contributed by atoms with van der Waals surface area (Å²) in [4.78, 5) is 24.7. The molecule has 0 unspecified atom stereocenters. The van der Waals surface area contributed by atoms with Crippen LogP contribution in [0, 0.1) is 0 Å². The van der Waals surface area contributed by atoms with Gasteiger partial charge in [-0.2, -0.15) is 0 Å². The van der Waals surface area contributed by atoms with Crippen LogP contribution >= 0.6 is 0 Å². The minimum Gasteiger partial charge on any atom is -0.494 e. The third-order valence-corrected chi connectivity index (χ3v) is 6.12. The van der Waals surface area contributed by atoms with Crippen LogP contribution in [-0.4, -0.2) is 20.9 Å². The average molecular weight is 464 g/mol. The summed E-state index contributed by atoms with van der Waals surface area (Å²) in [7, 11) is -3.84. The molecule has 0 atom stereocenters. The first-order chi connectivity index (χ1) is 15.9. The van der Waals surface area contributed by atoms with E-state index in [4.69, 9.17) is 9.15 Å². The van der Waals surface area contributed by atoms with Crippen molar-refractivity contribution in [2.45, 2.75) is 11.8 Å². The van der Waals surface area contributed by atoms with Crippen LogP contribution in [0.25, 0.3) is 11.0 Å². The lowest BCUT2D eigenvalue weighted by Gasteiger charge is -2.10. The molecule has 0 aliphatic rings. The van der Waals surface area contributed by atoms with Gasteiger partial charge in [-0.1, -0.05) is 18.2 Å². The second kappa shape index (κ2) is 9.17. The van der Waals surface area contributed by atoms with Gasteiger partial charge in [0, 0.05) is 16.8 Å². The fourth-order valence-corrected chi connectivity index (χ4v) is 4.19. The molecule has 0 fully saturated rings. The number of anilines is 2. The molecule has 0 bridgehead atoms. The van der Waals surface area contributed by atoms with Gasteiger partial charge in [0.1, 0.15) is 16.9 Å². The van der Waals surface area contributed by atoms with Crippen molar-refractivity contribution in [1.82, 2.24) is 0 Å². The summed E-state index contributed by atoms with van der Waals surface area (Å²) in [5.41, 5.74) is 0.188. The Hall–Kier alpha value is -4.11. The average Bonchev–Trinajstić information content (AvgIpc) is 2.80. The van der Waals surface area contributed by atoms with Crippen LogP contribution in [0.15, 0.2) is 93.0 Å². The number of para-hydroxylation sites is 1. The van der Waals surface area contributed by atoms with E-state index in [0.717, 1.165) is 0 Å².